The van der Waals surface area contributed by atoms with Crippen LogP contribution in [-0.2, 0) is 6.42 Å². The second-order valence-corrected chi connectivity index (χ2v) is 3.64. The van der Waals surface area contributed by atoms with Gasteiger partial charge in [0.05, 0.1) is 5.52 Å². The van der Waals surface area contributed by atoms with Gasteiger partial charge in [-0.25, -0.2) is 10.8 Å². The lowest BCUT2D eigenvalue weighted by atomic mass is 10.1. The SMILES string of the molecule is CCc1cc2cccc(C)c2nc1NN. The number of nitrogen functional groups attached to an aromatic ring is 1. The molecule has 0 radical (unpaired) electrons. The number of para-hydroxylation sites is 1. The van der Waals surface area contributed by atoms with Crippen molar-refractivity contribution in [1.29, 1.82) is 0 Å². The Morgan fingerprint density at radius 3 is 2.87 bits per heavy atom. The van der Waals surface area contributed by atoms with E-state index in [0.717, 1.165) is 23.3 Å². The van der Waals surface area contributed by atoms with Crippen LogP contribution < -0.4 is 11.3 Å². The summed E-state index contributed by atoms with van der Waals surface area (Å²) in [7, 11) is 0. The zero-order chi connectivity index (χ0) is 10.8. The first kappa shape index (κ1) is 9.93. The normalized spacial score (nSPS) is 10.6. The minimum Gasteiger partial charge on any atom is -0.308 e. The lowest BCUT2D eigenvalue weighted by Crippen LogP contribution is -2.11. The second kappa shape index (κ2) is 3.87. The van der Waals surface area contributed by atoms with E-state index in [1.807, 2.05) is 6.07 Å². The minimum absolute atomic E-state index is 0.777. The summed E-state index contributed by atoms with van der Waals surface area (Å²) in [6.45, 7) is 4.15. The fourth-order valence-electron chi connectivity index (χ4n) is 1.79. The van der Waals surface area contributed by atoms with Crippen LogP contribution in [0.3, 0.4) is 0 Å². The predicted octanol–water partition coefficient (Wildman–Crippen LogP) is 2.39. The minimum atomic E-state index is 0.777. The van der Waals surface area contributed by atoms with Gasteiger partial charge in [-0.2, -0.15) is 0 Å². The summed E-state index contributed by atoms with van der Waals surface area (Å²) < 4.78 is 0. The molecule has 0 aliphatic heterocycles. The first-order valence-electron chi connectivity index (χ1n) is 5.12. The monoisotopic (exact) mass is 201 g/mol. The highest BCUT2D eigenvalue weighted by Gasteiger charge is 2.05. The van der Waals surface area contributed by atoms with Gasteiger partial charge >= 0.3 is 0 Å². The van der Waals surface area contributed by atoms with E-state index in [-0.39, 0.29) is 0 Å². The molecule has 2 rings (SSSR count). The molecule has 3 heteroatoms. The smallest absolute Gasteiger partial charge is 0.143 e. The van der Waals surface area contributed by atoms with Crippen molar-refractivity contribution in [3.05, 3.63) is 35.4 Å². The van der Waals surface area contributed by atoms with E-state index in [9.17, 15) is 0 Å². The van der Waals surface area contributed by atoms with E-state index in [2.05, 4.69) is 42.5 Å². The molecule has 0 fully saturated rings. The van der Waals surface area contributed by atoms with Crippen LogP contribution in [0.1, 0.15) is 18.1 Å². The summed E-state index contributed by atoms with van der Waals surface area (Å²) in [5.41, 5.74) is 5.99. The Bertz CT molecular complexity index is 491. The highest BCUT2D eigenvalue weighted by atomic mass is 15.2. The summed E-state index contributed by atoms with van der Waals surface area (Å²) in [4.78, 5) is 4.53. The number of hydrazine groups is 1. The molecule has 0 unspecified atom stereocenters. The van der Waals surface area contributed by atoms with Crippen molar-refractivity contribution in [3.8, 4) is 0 Å². The van der Waals surface area contributed by atoms with Gasteiger partial charge in [-0.05, 0) is 30.5 Å². The molecule has 3 N–H and O–H groups in total. The zero-order valence-corrected chi connectivity index (χ0v) is 9.04. The van der Waals surface area contributed by atoms with Crippen LogP contribution in [0, 0.1) is 6.92 Å². The Balaban J connectivity index is 2.75. The average Bonchev–Trinajstić information content (AvgIpc) is 2.28. The fraction of sp³-hybridized carbons (Fsp3) is 0.250. The number of nitrogens with one attached hydrogen (secondary N) is 1. The highest BCUT2D eigenvalue weighted by Crippen LogP contribution is 2.22. The number of nitrogens with two attached hydrogens (primary N) is 1. The molecule has 2 aromatic rings. The molecule has 1 heterocycles. The Kier molecular flexibility index (Phi) is 2.56. The molecule has 0 aliphatic rings. The van der Waals surface area contributed by atoms with Crippen LogP contribution in [0.2, 0.25) is 0 Å². The zero-order valence-electron chi connectivity index (χ0n) is 9.04. The van der Waals surface area contributed by atoms with Crippen molar-refractivity contribution < 1.29 is 0 Å². The third kappa shape index (κ3) is 1.66. The number of fused-ring (bicyclic) bond motifs is 1. The number of rotatable bonds is 2. The van der Waals surface area contributed by atoms with Gasteiger partial charge in [0.15, 0.2) is 0 Å². The van der Waals surface area contributed by atoms with Crippen molar-refractivity contribution in [2.24, 2.45) is 5.84 Å². The number of benzene rings is 1. The van der Waals surface area contributed by atoms with Gasteiger partial charge in [0, 0.05) is 5.39 Å². The molecule has 0 saturated heterocycles. The first-order valence-corrected chi connectivity index (χ1v) is 5.12. The Morgan fingerprint density at radius 2 is 2.20 bits per heavy atom. The lowest BCUT2D eigenvalue weighted by Gasteiger charge is -2.09. The molecule has 15 heavy (non-hydrogen) atoms. The Labute approximate surface area is 89.3 Å². The van der Waals surface area contributed by atoms with E-state index >= 15 is 0 Å². The van der Waals surface area contributed by atoms with Crippen molar-refractivity contribution in [2.45, 2.75) is 20.3 Å². The molecule has 78 valence electrons. The highest BCUT2D eigenvalue weighted by molar-refractivity contribution is 5.84. The van der Waals surface area contributed by atoms with Crippen LogP contribution in [0.15, 0.2) is 24.3 Å². The molecular weight excluding hydrogens is 186 g/mol. The maximum Gasteiger partial charge on any atom is 0.143 e. The molecule has 0 amide bonds. The summed E-state index contributed by atoms with van der Waals surface area (Å²) in [6, 6.07) is 8.33. The van der Waals surface area contributed by atoms with Gasteiger partial charge in [-0.15, -0.1) is 0 Å². The number of nitrogens with zero attached hydrogens (tertiary/aromatic N) is 1. The summed E-state index contributed by atoms with van der Waals surface area (Å²) >= 11 is 0. The van der Waals surface area contributed by atoms with E-state index in [4.69, 9.17) is 5.84 Å². The fourth-order valence-corrected chi connectivity index (χ4v) is 1.79. The number of aromatic nitrogens is 1. The number of pyridine rings is 1. The van der Waals surface area contributed by atoms with Crippen molar-refractivity contribution in [2.75, 3.05) is 5.43 Å². The maximum absolute atomic E-state index is 5.45. The molecule has 0 bridgehead atoms. The first-order chi connectivity index (χ1) is 7.26. The van der Waals surface area contributed by atoms with Crippen LogP contribution in [0.5, 0.6) is 0 Å². The molecule has 0 spiro atoms. The summed E-state index contributed by atoms with van der Waals surface area (Å²) in [6.07, 6.45) is 0.927. The van der Waals surface area contributed by atoms with E-state index < -0.39 is 0 Å². The summed E-state index contributed by atoms with van der Waals surface area (Å²) in [5, 5.41) is 1.17. The van der Waals surface area contributed by atoms with Crippen molar-refractivity contribution in [1.82, 2.24) is 4.98 Å². The van der Waals surface area contributed by atoms with E-state index in [1.54, 1.807) is 0 Å². The molecule has 0 atom stereocenters. The van der Waals surface area contributed by atoms with Gasteiger partial charge in [-0.1, -0.05) is 25.1 Å². The molecule has 1 aromatic carbocycles. The number of anilines is 1. The standard InChI is InChI=1S/C12H15N3/c1-3-9-7-10-6-4-5-8(2)11(10)14-12(9)15-13/h4-7H,3,13H2,1-2H3,(H,14,15). The van der Waals surface area contributed by atoms with Crippen molar-refractivity contribution in [3.63, 3.8) is 0 Å². The van der Waals surface area contributed by atoms with Crippen LogP contribution in [-0.4, -0.2) is 4.98 Å². The molecule has 0 saturated carbocycles. The van der Waals surface area contributed by atoms with Gasteiger partial charge < -0.3 is 5.43 Å². The van der Waals surface area contributed by atoms with Crippen LogP contribution in [0.25, 0.3) is 10.9 Å². The van der Waals surface area contributed by atoms with Crippen LogP contribution in [0.4, 0.5) is 5.82 Å². The van der Waals surface area contributed by atoms with Crippen LogP contribution >= 0.6 is 0 Å². The maximum atomic E-state index is 5.45. The summed E-state index contributed by atoms with van der Waals surface area (Å²) in [5.74, 6) is 6.23. The van der Waals surface area contributed by atoms with Gasteiger partial charge in [0.25, 0.3) is 0 Å². The topological polar surface area (TPSA) is 50.9 Å². The Hall–Kier alpha value is -1.61. The molecule has 1 aromatic heterocycles. The van der Waals surface area contributed by atoms with Gasteiger partial charge in [0.2, 0.25) is 0 Å². The second-order valence-electron chi connectivity index (χ2n) is 3.64. The molecule has 0 aliphatic carbocycles. The lowest BCUT2D eigenvalue weighted by molar-refractivity contribution is 1.10. The van der Waals surface area contributed by atoms with Crippen molar-refractivity contribution >= 4 is 16.7 Å². The third-order valence-corrected chi connectivity index (χ3v) is 2.64. The van der Waals surface area contributed by atoms with E-state index in [0.29, 0.717) is 0 Å². The molecular formula is C12H15N3. The van der Waals surface area contributed by atoms with Gasteiger partial charge in [0.1, 0.15) is 5.82 Å². The molecule has 3 nitrogen and oxygen atoms in total. The quantitative estimate of drug-likeness (QED) is 0.579. The van der Waals surface area contributed by atoms with Gasteiger partial charge in [-0.3, -0.25) is 0 Å². The number of hydrogen-bond acceptors (Lipinski definition) is 3. The van der Waals surface area contributed by atoms with E-state index in [1.165, 1.54) is 10.9 Å². The largest absolute Gasteiger partial charge is 0.308 e. The predicted molar refractivity (Wildman–Crippen MR) is 63.7 cm³/mol. The average molecular weight is 201 g/mol. The Morgan fingerprint density at radius 1 is 1.40 bits per heavy atom. The third-order valence-electron chi connectivity index (χ3n) is 2.64. The number of hydrogen-bond donors (Lipinski definition) is 2. The number of aryl methyl sites for hydroxylation is 2.